The van der Waals surface area contributed by atoms with E-state index in [0.29, 0.717) is 11.7 Å². The molecular formula is C14H18ClN3O. The van der Waals surface area contributed by atoms with Gasteiger partial charge < -0.3 is 9.84 Å². The normalized spacial score (nSPS) is 18.3. The second-order valence-corrected chi connectivity index (χ2v) is 4.66. The first-order chi connectivity index (χ1) is 8.86. The van der Waals surface area contributed by atoms with Crippen LogP contribution in [0.15, 0.2) is 28.8 Å². The van der Waals surface area contributed by atoms with Crippen molar-refractivity contribution in [1.29, 1.82) is 0 Å². The van der Waals surface area contributed by atoms with Gasteiger partial charge in [-0.25, -0.2) is 0 Å². The van der Waals surface area contributed by atoms with Gasteiger partial charge in [-0.2, -0.15) is 4.98 Å². The fraction of sp³-hybridized carbons (Fsp3) is 0.429. The average Bonchev–Trinajstić information content (AvgIpc) is 3.09. The molecule has 0 bridgehead atoms. The van der Waals surface area contributed by atoms with Gasteiger partial charge in [0.2, 0.25) is 11.7 Å². The van der Waals surface area contributed by atoms with E-state index in [1.165, 1.54) is 12.0 Å². The minimum absolute atomic E-state index is 0. The molecule has 5 heteroatoms. The summed E-state index contributed by atoms with van der Waals surface area (Å²) < 4.78 is 5.34. The van der Waals surface area contributed by atoms with Gasteiger partial charge in [0.15, 0.2) is 0 Å². The number of aryl methyl sites for hydroxylation is 1. The Morgan fingerprint density at radius 3 is 2.74 bits per heavy atom. The Morgan fingerprint density at radius 2 is 2.11 bits per heavy atom. The summed E-state index contributed by atoms with van der Waals surface area (Å²) >= 11 is 0. The van der Waals surface area contributed by atoms with Crippen LogP contribution in [-0.2, 0) is 6.42 Å². The molecule has 1 aromatic carbocycles. The summed E-state index contributed by atoms with van der Waals surface area (Å²) in [6, 6.07) is 8.56. The van der Waals surface area contributed by atoms with Crippen molar-refractivity contribution >= 4 is 12.4 Å². The van der Waals surface area contributed by atoms with E-state index in [0.717, 1.165) is 24.9 Å². The molecule has 0 unspecified atom stereocenters. The molecule has 2 heterocycles. The van der Waals surface area contributed by atoms with E-state index < -0.39 is 0 Å². The summed E-state index contributed by atoms with van der Waals surface area (Å²) in [7, 11) is 0. The van der Waals surface area contributed by atoms with Gasteiger partial charge in [0.1, 0.15) is 0 Å². The lowest BCUT2D eigenvalue weighted by molar-refractivity contribution is 0.345. The number of nitrogens with one attached hydrogen (secondary N) is 1. The molecule has 0 aliphatic carbocycles. The highest BCUT2D eigenvalue weighted by Crippen LogP contribution is 2.24. The second-order valence-electron chi connectivity index (χ2n) is 4.66. The van der Waals surface area contributed by atoms with Gasteiger partial charge in [-0.05, 0) is 31.4 Å². The summed E-state index contributed by atoms with van der Waals surface area (Å²) in [6.45, 7) is 3.18. The van der Waals surface area contributed by atoms with E-state index in [2.05, 4.69) is 46.6 Å². The summed E-state index contributed by atoms with van der Waals surface area (Å²) in [5.74, 6) is 1.39. The predicted octanol–water partition coefficient (Wildman–Crippen LogP) is 3.15. The Bertz CT molecular complexity index is 518. The zero-order valence-corrected chi connectivity index (χ0v) is 11.7. The fourth-order valence-corrected chi connectivity index (χ4v) is 2.28. The summed E-state index contributed by atoms with van der Waals surface area (Å²) in [6.07, 6.45) is 3.30. The van der Waals surface area contributed by atoms with Crippen LogP contribution in [-0.4, -0.2) is 16.7 Å². The molecule has 1 aliphatic heterocycles. The van der Waals surface area contributed by atoms with E-state index >= 15 is 0 Å². The van der Waals surface area contributed by atoms with Gasteiger partial charge in [0.25, 0.3) is 0 Å². The highest BCUT2D eigenvalue weighted by atomic mass is 35.5. The number of aromatic nitrogens is 2. The number of nitrogens with zero attached hydrogens (tertiary/aromatic N) is 2. The minimum atomic E-state index is 0. The average molecular weight is 280 g/mol. The molecule has 0 radical (unpaired) electrons. The fourth-order valence-electron chi connectivity index (χ4n) is 2.28. The van der Waals surface area contributed by atoms with Gasteiger partial charge in [-0.15, -0.1) is 12.4 Å². The first-order valence-corrected chi connectivity index (χ1v) is 6.53. The van der Waals surface area contributed by atoms with Crippen LogP contribution >= 0.6 is 12.4 Å². The molecular weight excluding hydrogens is 262 g/mol. The van der Waals surface area contributed by atoms with Gasteiger partial charge in [-0.1, -0.05) is 36.3 Å². The SMILES string of the molecule is CCc1ccc(-c2noc([C@@H]3CCCN3)n2)cc1.Cl. The third kappa shape index (κ3) is 2.96. The zero-order chi connectivity index (χ0) is 12.4. The minimum Gasteiger partial charge on any atom is -0.337 e. The Morgan fingerprint density at radius 1 is 1.32 bits per heavy atom. The molecule has 1 aromatic heterocycles. The van der Waals surface area contributed by atoms with Crippen LogP contribution < -0.4 is 5.32 Å². The molecule has 2 aromatic rings. The van der Waals surface area contributed by atoms with E-state index in [1.54, 1.807) is 0 Å². The predicted molar refractivity (Wildman–Crippen MR) is 76.3 cm³/mol. The highest BCUT2D eigenvalue weighted by Gasteiger charge is 2.22. The van der Waals surface area contributed by atoms with Crippen LogP contribution in [0.3, 0.4) is 0 Å². The smallest absolute Gasteiger partial charge is 0.244 e. The monoisotopic (exact) mass is 279 g/mol. The third-order valence-electron chi connectivity index (χ3n) is 3.42. The molecule has 1 N–H and O–H groups in total. The Kier molecular flexibility index (Phi) is 4.56. The molecule has 0 amide bonds. The third-order valence-corrected chi connectivity index (χ3v) is 3.42. The van der Waals surface area contributed by atoms with Gasteiger partial charge in [0, 0.05) is 5.56 Å². The van der Waals surface area contributed by atoms with Gasteiger partial charge in [0.05, 0.1) is 6.04 Å². The first kappa shape index (κ1) is 14.0. The Balaban J connectivity index is 0.00000133. The van der Waals surface area contributed by atoms with Crippen molar-refractivity contribution in [2.24, 2.45) is 0 Å². The molecule has 0 spiro atoms. The summed E-state index contributed by atoms with van der Waals surface area (Å²) in [5, 5.41) is 7.42. The van der Waals surface area contributed by atoms with Crippen LogP contribution in [0, 0.1) is 0 Å². The number of halogens is 1. The van der Waals surface area contributed by atoms with Crippen molar-refractivity contribution in [3.63, 3.8) is 0 Å². The van der Waals surface area contributed by atoms with Crippen molar-refractivity contribution < 1.29 is 4.52 Å². The molecule has 0 saturated carbocycles. The molecule has 3 rings (SSSR count). The first-order valence-electron chi connectivity index (χ1n) is 6.53. The van der Waals surface area contributed by atoms with Crippen molar-refractivity contribution in [2.45, 2.75) is 32.2 Å². The molecule has 1 aliphatic rings. The van der Waals surface area contributed by atoms with Crippen LogP contribution in [0.1, 0.15) is 37.3 Å². The Labute approximate surface area is 119 Å². The lowest BCUT2D eigenvalue weighted by atomic mass is 10.1. The summed E-state index contributed by atoms with van der Waals surface area (Å²) in [5.41, 5.74) is 2.33. The molecule has 1 atom stereocenters. The maximum atomic E-state index is 5.34. The van der Waals surface area contributed by atoms with Crippen molar-refractivity contribution in [3.05, 3.63) is 35.7 Å². The number of hydrogen-bond acceptors (Lipinski definition) is 4. The maximum absolute atomic E-state index is 5.34. The van der Waals surface area contributed by atoms with Crippen LogP contribution in [0.2, 0.25) is 0 Å². The maximum Gasteiger partial charge on any atom is 0.244 e. The second kappa shape index (κ2) is 6.17. The number of benzene rings is 1. The largest absolute Gasteiger partial charge is 0.337 e. The van der Waals surface area contributed by atoms with Gasteiger partial charge in [-0.3, -0.25) is 0 Å². The van der Waals surface area contributed by atoms with E-state index in [-0.39, 0.29) is 18.4 Å². The van der Waals surface area contributed by atoms with Crippen LogP contribution in [0.25, 0.3) is 11.4 Å². The lowest BCUT2D eigenvalue weighted by Crippen LogP contribution is -2.12. The number of rotatable bonds is 3. The van der Waals surface area contributed by atoms with E-state index in [4.69, 9.17) is 4.52 Å². The number of hydrogen-bond donors (Lipinski definition) is 1. The topological polar surface area (TPSA) is 51.0 Å². The van der Waals surface area contributed by atoms with E-state index in [1.807, 2.05) is 0 Å². The van der Waals surface area contributed by atoms with Gasteiger partial charge >= 0.3 is 0 Å². The molecule has 1 fully saturated rings. The molecule has 1 saturated heterocycles. The molecule has 19 heavy (non-hydrogen) atoms. The standard InChI is InChI=1S/C14H17N3O.ClH/c1-2-10-5-7-11(8-6-10)13-16-14(18-17-13)12-4-3-9-15-12;/h5-8,12,15H,2-4,9H2,1H3;1H/t12-;/m0./s1. The quantitative estimate of drug-likeness (QED) is 0.938. The molecule has 102 valence electrons. The summed E-state index contributed by atoms with van der Waals surface area (Å²) in [4.78, 5) is 4.48. The van der Waals surface area contributed by atoms with Crippen molar-refractivity contribution in [2.75, 3.05) is 6.54 Å². The lowest BCUT2D eigenvalue weighted by Gasteiger charge is -2.01. The van der Waals surface area contributed by atoms with E-state index in [9.17, 15) is 0 Å². The Hall–Kier alpha value is -1.39. The molecule has 4 nitrogen and oxygen atoms in total. The highest BCUT2D eigenvalue weighted by molar-refractivity contribution is 5.85. The van der Waals surface area contributed by atoms with Crippen LogP contribution in [0.5, 0.6) is 0 Å². The zero-order valence-electron chi connectivity index (χ0n) is 10.9. The van der Waals surface area contributed by atoms with Crippen molar-refractivity contribution in [3.8, 4) is 11.4 Å². The van der Waals surface area contributed by atoms with Crippen LogP contribution in [0.4, 0.5) is 0 Å². The van der Waals surface area contributed by atoms with Crippen molar-refractivity contribution in [1.82, 2.24) is 15.5 Å².